The summed E-state index contributed by atoms with van der Waals surface area (Å²) in [5.41, 5.74) is 6.09. The average Bonchev–Trinajstić information content (AvgIpc) is 3.33. The van der Waals surface area contributed by atoms with Crippen LogP contribution in [0.2, 0.25) is 0 Å². The third-order valence-corrected chi connectivity index (χ3v) is 7.38. The maximum atomic E-state index is 13.5. The highest BCUT2D eigenvalue weighted by Crippen LogP contribution is 2.32. The van der Waals surface area contributed by atoms with Crippen molar-refractivity contribution in [1.29, 1.82) is 0 Å². The van der Waals surface area contributed by atoms with Crippen molar-refractivity contribution in [3.63, 3.8) is 0 Å². The number of aromatic nitrogens is 5. The zero-order valence-electron chi connectivity index (χ0n) is 22.0. The summed E-state index contributed by atoms with van der Waals surface area (Å²) in [6, 6.07) is 14.2. The van der Waals surface area contributed by atoms with Crippen LogP contribution in [0.5, 0.6) is 0 Å². The van der Waals surface area contributed by atoms with Gasteiger partial charge in [-0.15, -0.1) is 5.10 Å². The SMILES string of the molecule is Cc1cccc(N2CCN(C(c3cc4cccc(C)c4[nH]c3=O)c3nnnn3C(C)(C)C)CC2)c1C. The molecule has 1 unspecified atom stereocenters. The van der Waals surface area contributed by atoms with Crippen molar-refractivity contribution in [1.82, 2.24) is 30.1 Å². The van der Waals surface area contributed by atoms with E-state index in [2.05, 4.69) is 83.1 Å². The highest BCUT2D eigenvalue weighted by Gasteiger charge is 2.35. The minimum absolute atomic E-state index is 0.0952. The molecule has 36 heavy (non-hydrogen) atoms. The van der Waals surface area contributed by atoms with Gasteiger partial charge < -0.3 is 9.88 Å². The molecule has 188 valence electrons. The molecule has 8 nitrogen and oxygen atoms in total. The van der Waals surface area contributed by atoms with Crippen LogP contribution in [-0.4, -0.2) is 56.3 Å². The Hall–Kier alpha value is -3.52. The van der Waals surface area contributed by atoms with E-state index in [1.165, 1.54) is 16.8 Å². The van der Waals surface area contributed by atoms with Crippen LogP contribution in [0.15, 0.2) is 47.3 Å². The summed E-state index contributed by atoms with van der Waals surface area (Å²) in [5, 5.41) is 13.8. The number of aryl methyl sites for hydroxylation is 2. The van der Waals surface area contributed by atoms with Gasteiger partial charge in [0.25, 0.3) is 5.56 Å². The molecule has 0 aliphatic carbocycles. The molecular weight excluding hydrogens is 450 g/mol. The van der Waals surface area contributed by atoms with E-state index in [-0.39, 0.29) is 17.1 Å². The summed E-state index contributed by atoms with van der Waals surface area (Å²) < 4.78 is 1.86. The van der Waals surface area contributed by atoms with Crippen LogP contribution in [-0.2, 0) is 5.54 Å². The molecule has 8 heteroatoms. The Balaban J connectivity index is 1.56. The third-order valence-electron chi connectivity index (χ3n) is 7.38. The lowest BCUT2D eigenvalue weighted by molar-refractivity contribution is 0.190. The number of nitrogens with one attached hydrogen (secondary N) is 1. The number of fused-ring (bicyclic) bond motifs is 1. The average molecular weight is 486 g/mol. The van der Waals surface area contributed by atoms with Gasteiger partial charge in [-0.3, -0.25) is 9.69 Å². The van der Waals surface area contributed by atoms with Crippen molar-refractivity contribution in [2.75, 3.05) is 31.1 Å². The van der Waals surface area contributed by atoms with Crippen molar-refractivity contribution < 1.29 is 0 Å². The maximum absolute atomic E-state index is 13.5. The van der Waals surface area contributed by atoms with Gasteiger partial charge in [-0.25, -0.2) is 4.68 Å². The second-order valence-electron chi connectivity index (χ2n) is 10.9. The first-order chi connectivity index (χ1) is 17.1. The fraction of sp³-hybridized carbons (Fsp3) is 0.429. The topological polar surface area (TPSA) is 82.9 Å². The van der Waals surface area contributed by atoms with Gasteiger partial charge in [0.2, 0.25) is 0 Å². The Morgan fingerprint density at radius 1 is 0.944 bits per heavy atom. The lowest BCUT2D eigenvalue weighted by Crippen LogP contribution is -2.49. The van der Waals surface area contributed by atoms with Crippen LogP contribution in [0.4, 0.5) is 5.69 Å². The molecule has 0 bridgehead atoms. The van der Waals surface area contributed by atoms with Crippen molar-refractivity contribution >= 4 is 16.6 Å². The number of aromatic amines is 1. The molecule has 1 fully saturated rings. The monoisotopic (exact) mass is 485 g/mol. The second kappa shape index (κ2) is 9.17. The molecule has 4 aromatic rings. The van der Waals surface area contributed by atoms with Gasteiger partial charge in [-0.05, 0) is 86.2 Å². The Bertz CT molecular complexity index is 1460. The van der Waals surface area contributed by atoms with Crippen molar-refractivity contribution in [3.05, 3.63) is 80.9 Å². The summed E-state index contributed by atoms with van der Waals surface area (Å²) in [4.78, 5) is 21.5. The normalized spacial score (nSPS) is 16.0. The van der Waals surface area contributed by atoms with E-state index in [1.54, 1.807) is 0 Å². The zero-order valence-corrected chi connectivity index (χ0v) is 22.0. The highest BCUT2D eigenvalue weighted by molar-refractivity contribution is 5.82. The third kappa shape index (κ3) is 4.30. The Morgan fingerprint density at radius 2 is 1.64 bits per heavy atom. The van der Waals surface area contributed by atoms with Crippen molar-refractivity contribution in [2.24, 2.45) is 0 Å². The van der Waals surface area contributed by atoms with Gasteiger partial charge in [0, 0.05) is 37.4 Å². The number of hydrogen-bond acceptors (Lipinski definition) is 6. The van der Waals surface area contributed by atoms with E-state index in [1.807, 2.05) is 35.9 Å². The first-order valence-corrected chi connectivity index (χ1v) is 12.6. The number of anilines is 1. The van der Waals surface area contributed by atoms with E-state index in [4.69, 9.17) is 0 Å². The van der Waals surface area contributed by atoms with Crippen LogP contribution in [0.3, 0.4) is 0 Å². The quantitative estimate of drug-likeness (QED) is 0.469. The lowest BCUT2D eigenvalue weighted by atomic mass is 10.00. The van der Waals surface area contributed by atoms with Crippen LogP contribution in [0.1, 0.15) is 54.9 Å². The minimum atomic E-state index is -0.353. The molecule has 1 atom stereocenters. The molecular formula is C28H35N7O. The standard InChI is InChI=1S/C28H35N7O/c1-18-9-8-12-23(20(18)3)33-13-15-34(16-14-33)25(26-30-31-32-35(26)28(4,5)6)22-17-21-11-7-10-19(2)24(21)29-27(22)36/h7-12,17,25H,13-16H2,1-6H3,(H,29,36). The van der Waals surface area contributed by atoms with Gasteiger partial charge >= 0.3 is 0 Å². The minimum Gasteiger partial charge on any atom is -0.369 e. The molecule has 5 rings (SSSR count). The van der Waals surface area contributed by atoms with Crippen molar-refractivity contribution in [2.45, 2.75) is 53.1 Å². The van der Waals surface area contributed by atoms with E-state index in [0.717, 1.165) is 42.6 Å². The molecule has 0 amide bonds. The predicted molar refractivity (Wildman–Crippen MR) is 144 cm³/mol. The predicted octanol–water partition coefficient (Wildman–Crippen LogP) is 4.11. The molecule has 3 heterocycles. The van der Waals surface area contributed by atoms with Crippen molar-refractivity contribution in [3.8, 4) is 0 Å². The lowest BCUT2D eigenvalue weighted by Gasteiger charge is -2.40. The summed E-state index contributed by atoms with van der Waals surface area (Å²) in [6.45, 7) is 15.9. The second-order valence-corrected chi connectivity index (χ2v) is 10.9. The smallest absolute Gasteiger partial charge is 0.253 e. The van der Waals surface area contributed by atoms with E-state index < -0.39 is 0 Å². The van der Waals surface area contributed by atoms with Crippen LogP contribution >= 0.6 is 0 Å². The number of para-hydroxylation sites is 1. The van der Waals surface area contributed by atoms with Gasteiger partial charge in [-0.1, -0.05) is 30.3 Å². The van der Waals surface area contributed by atoms with E-state index >= 15 is 0 Å². The molecule has 1 aliphatic heterocycles. The number of pyridine rings is 1. The molecule has 0 spiro atoms. The van der Waals surface area contributed by atoms with E-state index in [0.29, 0.717) is 11.4 Å². The Kier molecular flexibility index (Phi) is 6.16. The zero-order chi connectivity index (χ0) is 25.6. The summed E-state index contributed by atoms with van der Waals surface area (Å²) in [5.74, 6) is 0.695. The summed E-state index contributed by atoms with van der Waals surface area (Å²) in [6.07, 6.45) is 0. The molecule has 1 aliphatic rings. The number of piperazine rings is 1. The van der Waals surface area contributed by atoms with Gasteiger partial charge in [-0.2, -0.15) is 0 Å². The van der Waals surface area contributed by atoms with E-state index in [9.17, 15) is 4.79 Å². The molecule has 2 aromatic heterocycles. The fourth-order valence-corrected chi connectivity index (χ4v) is 5.24. The van der Waals surface area contributed by atoms with Gasteiger partial charge in [0.05, 0.1) is 11.1 Å². The van der Waals surface area contributed by atoms with Gasteiger partial charge in [0.15, 0.2) is 5.82 Å². The molecule has 1 N–H and O–H groups in total. The Labute approximate surface area is 211 Å². The number of tetrazole rings is 1. The fourth-order valence-electron chi connectivity index (χ4n) is 5.24. The summed E-state index contributed by atoms with van der Waals surface area (Å²) in [7, 11) is 0. The number of H-pyrrole nitrogens is 1. The number of nitrogens with zero attached hydrogens (tertiary/aromatic N) is 6. The maximum Gasteiger partial charge on any atom is 0.253 e. The largest absolute Gasteiger partial charge is 0.369 e. The number of rotatable bonds is 4. The highest BCUT2D eigenvalue weighted by atomic mass is 16.1. The first-order valence-electron chi connectivity index (χ1n) is 12.6. The van der Waals surface area contributed by atoms with Crippen LogP contribution in [0, 0.1) is 20.8 Å². The molecule has 0 radical (unpaired) electrons. The molecule has 2 aromatic carbocycles. The van der Waals surface area contributed by atoms with Crippen LogP contribution in [0.25, 0.3) is 10.9 Å². The van der Waals surface area contributed by atoms with Gasteiger partial charge in [0.1, 0.15) is 6.04 Å². The molecule has 1 saturated heterocycles. The Morgan fingerprint density at radius 3 is 2.36 bits per heavy atom. The number of benzene rings is 2. The molecule has 0 saturated carbocycles. The first kappa shape index (κ1) is 24.2. The summed E-state index contributed by atoms with van der Waals surface area (Å²) >= 11 is 0. The van der Waals surface area contributed by atoms with Crippen LogP contribution < -0.4 is 10.5 Å². The number of hydrogen-bond donors (Lipinski definition) is 1.